The summed E-state index contributed by atoms with van der Waals surface area (Å²) in [5.74, 6) is -1.45. The third-order valence-electron chi connectivity index (χ3n) is 2.85. The number of nitrogens with two attached hydrogens (primary N) is 1. The Labute approximate surface area is 136 Å². The molecule has 7 heteroatoms. The molecule has 0 atom stereocenters. The maximum atomic E-state index is 13.2. The average Bonchev–Trinajstić information content (AvgIpc) is 2.47. The van der Waals surface area contributed by atoms with Gasteiger partial charge in [-0.2, -0.15) is 0 Å². The first-order valence-corrected chi connectivity index (χ1v) is 6.90. The van der Waals surface area contributed by atoms with Gasteiger partial charge in [-0.25, -0.2) is 9.18 Å². The third kappa shape index (κ3) is 3.75. The summed E-state index contributed by atoms with van der Waals surface area (Å²) >= 11 is 11.7. The van der Waals surface area contributed by atoms with Crippen molar-refractivity contribution in [2.45, 2.75) is 6.92 Å². The quantitative estimate of drug-likeness (QED) is 0.398. The molecule has 0 unspecified atom stereocenters. The highest BCUT2D eigenvalue weighted by Gasteiger charge is 2.13. The van der Waals surface area contributed by atoms with Crippen LogP contribution in [0.3, 0.4) is 0 Å². The van der Waals surface area contributed by atoms with Crippen LogP contribution in [0.15, 0.2) is 41.6 Å². The molecule has 0 saturated heterocycles. The van der Waals surface area contributed by atoms with Crippen LogP contribution in [0.4, 0.5) is 4.39 Å². The van der Waals surface area contributed by atoms with E-state index in [1.165, 1.54) is 18.2 Å². The van der Waals surface area contributed by atoms with Crippen molar-refractivity contribution in [3.05, 3.63) is 69.0 Å². The van der Waals surface area contributed by atoms with Crippen LogP contribution < -0.4 is 5.73 Å². The van der Waals surface area contributed by atoms with Crippen LogP contribution in [0.1, 0.15) is 21.5 Å². The lowest BCUT2D eigenvalue weighted by Gasteiger charge is -2.05. The van der Waals surface area contributed by atoms with Crippen molar-refractivity contribution in [2.75, 3.05) is 0 Å². The van der Waals surface area contributed by atoms with Gasteiger partial charge in [0, 0.05) is 10.6 Å². The number of nitrogens with zero attached hydrogens (tertiary/aromatic N) is 1. The standard InChI is InChI=1S/C15H11Cl2FN2O2/c1-8-2-4-10(18)7-12(8)15(21)22-20-14(19)11-5-3-9(16)6-13(11)17/h2-7H,1H3,(H2,19,20). The number of carbonyl (C=O) groups is 1. The molecule has 22 heavy (non-hydrogen) atoms. The number of halogens is 3. The highest BCUT2D eigenvalue weighted by atomic mass is 35.5. The molecule has 0 radical (unpaired) electrons. The van der Waals surface area contributed by atoms with E-state index in [1.807, 2.05) is 0 Å². The minimum atomic E-state index is -0.815. The molecule has 0 aliphatic heterocycles. The number of amidine groups is 1. The second kappa shape index (κ2) is 6.77. The molecule has 2 aromatic rings. The molecule has 0 fully saturated rings. The zero-order valence-electron chi connectivity index (χ0n) is 11.4. The predicted molar refractivity (Wildman–Crippen MR) is 83.7 cm³/mol. The van der Waals surface area contributed by atoms with Crippen molar-refractivity contribution >= 4 is 35.0 Å². The Balaban J connectivity index is 2.20. The second-order valence-corrected chi connectivity index (χ2v) is 5.28. The molecule has 4 nitrogen and oxygen atoms in total. The van der Waals surface area contributed by atoms with Gasteiger partial charge in [0.25, 0.3) is 0 Å². The van der Waals surface area contributed by atoms with Gasteiger partial charge in [-0.1, -0.05) is 34.4 Å². The maximum Gasteiger partial charge on any atom is 0.366 e. The SMILES string of the molecule is Cc1ccc(F)cc1C(=O)O/N=C(\N)c1ccc(Cl)cc1Cl. The lowest BCUT2D eigenvalue weighted by Crippen LogP contribution is -2.16. The van der Waals surface area contributed by atoms with E-state index in [0.717, 1.165) is 6.07 Å². The number of rotatable bonds is 3. The van der Waals surface area contributed by atoms with Crippen molar-refractivity contribution in [1.82, 2.24) is 0 Å². The van der Waals surface area contributed by atoms with Crippen LogP contribution in [-0.4, -0.2) is 11.8 Å². The summed E-state index contributed by atoms with van der Waals surface area (Å²) in [6.07, 6.45) is 0. The summed E-state index contributed by atoms with van der Waals surface area (Å²) in [7, 11) is 0. The molecule has 2 rings (SSSR count). The zero-order chi connectivity index (χ0) is 16.3. The summed E-state index contributed by atoms with van der Waals surface area (Å²) in [6, 6.07) is 8.39. The summed E-state index contributed by atoms with van der Waals surface area (Å²) in [5.41, 5.74) is 6.71. The number of carbonyl (C=O) groups excluding carboxylic acids is 1. The Kier molecular flexibility index (Phi) is 5.00. The molecular weight excluding hydrogens is 330 g/mol. The Morgan fingerprint density at radius 1 is 1.18 bits per heavy atom. The summed E-state index contributed by atoms with van der Waals surface area (Å²) in [4.78, 5) is 16.6. The van der Waals surface area contributed by atoms with Gasteiger partial charge in [0.1, 0.15) is 5.82 Å². The second-order valence-electron chi connectivity index (χ2n) is 4.44. The van der Waals surface area contributed by atoms with Crippen molar-refractivity contribution in [3.8, 4) is 0 Å². The van der Waals surface area contributed by atoms with Gasteiger partial charge in [-0.15, -0.1) is 0 Å². The lowest BCUT2D eigenvalue weighted by atomic mass is 10.1. The molecule has 2 N–H and O–H groups in total. The van der Waals surface area contributed by atoms with Crippen LogP contribution in [0.2, 0.25) is 10.0 Å². The predicted octanol–water partition coefficient (Wildman–Crippen LogP) is 3.92. The lowest BCUT2D eigenvalue weighted by molar-refractivity contribution is 0.0514. The first-order valence-electron chi connectivity index (χ1n) is 6.15. The fraction of sp³-hybridized carbons (Fsp3) is 0.0667. The first kappa shape index (κ1) is 16.3. The van der Waals surface area contributed by atoms with E-state index >= 15 is 0 Å². The molecule has 114 valence electrons. The van der Waals surface area contributed by atoms with Gasteiger partial charge in [0.2, 0.25) is 0 Å². The van der Waals surface area contributed by atoms with Crippen molar-refractivity contribution in [2.24, 2.45) is 10.9 Å². The van der Waals surface area contributed by atoms with Crippen LogP contribution in [0, 0.1) is 12.7 Å². The van der Waals surface area contributed by atoms with Gasteiger partial charge in [-0.3, -0.25) is 0 Å². The van der Waals surface area contributed by atoms with Crippen molar-refractivity contribution < 1.29 is 14.0 Å². The van der Waals surface area contributed by atoms with Crippen LogP contribution in [0.25, 0.3) is 0 Å². The Hall–Kier alpha value is -2.11. The van der Waals surface area contributed by atoms with Gasteiger partial charge in [-0.05, 0) is 42.8 Å². The monoisotopic (exact) mass is 340 g/mol. The molecule has 0 saturated carbocycles. The summed E-state index contributed by atoms with van der Waals surface area (Å²) in [6.45, 7) is 1.65. The molecule has 0 aliphatic carbocycles. The number of aryl methyl sites for hydroxylation is 1. The van der Waals surface area contributed by atoms with Gasteiger partial charge in [0.05, 0.1) is 10.6 Å². The smallest absolute Gasteiger partial charge is 0.366 e. The van der Waals surface area contributed by atoms with E-state index in [9.17, 15) is 9.18 Å². The molecule has 0 spiro atoms. The molecule has 0 heterocycles. The van der Waals surface area contributed by atoms with E-state index in [-0.39, 0.29) is 16.4 Å². The van der Waals surface area contributed by atoms with E-state index in [2.05, 4.69) is 5.16 Å². The Morgan fingerprint density at radius 2 is 1.91 bits per heavy atom. The highest BCUT2D eigenvalue weighted by Crippen LogP contribution is 2.21. The van der Waals surface area contributed by atoms with E-state index < -0.39 is 11.8 Å². The fourth-order valence-corrected chi connectivity index (χ4v) is 2.21. The third-order valence-corrected chi connectivity index (χ3v) is 3.40. The van der Waals surface area contributed by atoms with E-state index in [0.29, 0.717) is 16.1 Å². The Morgan fingerprint density at radius 3 is 2.59 bits per heavy atom. The number of hydrogen-bond acceptors (Lipinski definition) is 3. The van der Waals surface area contributed by atoms with Crippen LogP contribution >= 0.6 is 23.2 Å². The summed E-state index contributed by atoms with van der Waals surface area (Å²) < 4.78 is 13.2. The van der Waals surface area contributed by atoms with Crippen molar-refractivity contribution in [1.29, 1.82) is 0 Å². The molecular formula is C15H11Cl2FN2O2. The van der Waals surface area contributed by atoms with E-state index in [4.69, 9.17) is 33.8 Å². The number of hydrogen-bond donors (Lipinski definition) is 1. The van der Waals surface area contributed by atoms with Gasteiger partial charge in [0.15, 0.2) is 5.84 Å². The zero-order valence-corrected chi connectivity index (χ0v) is 13.0. The number of oxime groups is 1. The molecule has 0 aliphatic rings. The van der Waals surface area contributed by atoms with Gasteiger partial charge < -0.3 is 10.6 Å². The van der Waals surface area contributed by atoms with Crippen molar-refractivity contribution in [3.63, 3.8) is 0 Å². The van der Waals surface area contributed by atoms with Crippen LogP contribution in [0.5, 0.6) is 0 Å². The van der Waals surface area contributed by atoms with E-state index in [1.54, 1.807) is 19.1 Å². The molecule has 0 bridgehead atoms. The number of benzene rings is 2. The average molecular weight is 341 g/mol. The minimum absolute atomic E-state index is 0.0683. The maximum absolute atomic E-state index is 13.2. The molecule has 0 amide bonds. The largest absolute Gasteiger partial charge is 0.380 e. The van der Waals surface area contributed by atoms with Gasteiger partial charge >= 0.3 is 5.97 Å². The molecule has 2 aromatic carbocycles. The topological polar surface area (TPSA) is 64.7 Å². The minimum Gasteiger partial charge on any atom is -0.380 e. The Bertz CT molecular complexity index is 763. The highest BCUT2D eigenvalue weighted by molar-refractivity contribution is 6.36. The fourth-order valence-electron chi connectivity index (χ4n) is 1.70. The first-order chi connectivity index (χ1) is 10.4. The normalized spacial score (nSPS) is 11.4. The summed E-state index contributed by atoms with van der Waals surface area (Å²) in [5, 5.41) is 4.24. The molecule has 0 aromatic heterocycles. The van der Waals surface area contributed by atoms with Crippen LogP contribution in [-0.2, 0) is 4.84 Å².